The lowest BCUT2D eigenvalue weighted by Gasteiger charge is -2.32. The minimum absolute atomic E-state index is 0.125. The van der Waals surface area contributed by atoms with Gasteiger partial charge in [0.1, 0.15) is 11.4 Å². The fourth-order valence-electron chi connectivity index (χ4n) is 2.72. The van der Waals surface area contributed by atoms with E-state index in [9.17, 15) is 9.18 Å². The molecule has 1 aliphatic heterocycles. The number of hydrogen-bond acceptors (Lipinski definition) is 5. The first-order chi connectivity index (χ1) is 13.2. The standard InChI is InChI=1S/C21H32BFN2O4/c1-19(2,3)27-18(26)25-13-16(22-28-20(4,5)21(6,7)29-22)10-14-8-9-15(12-24)17(23)11-14/h8-11H,12-13,24H2,1-7H3,(H,25,26). The van der Waals surface area contributed by atoms with Crippen LogP contribution in [0.1, 0.15) is 59.6 Å². The molecule has 1 fully saturated rings. The van der Waals surface area contributed by atoms with E-state index in [2.05, 4.69) is 5.32 Å². The minimum Gasteiger partial charge on any atom is -0.444 e. The molecule has 0 spiro atoms. The van der Waals surface area contributed by atoms with Gasteiger partial charge in [-0.25, -0.2) is 9.18 Å². The molecule has 2 rings (SSSR count). The minimum atomic E-state index is -0.688. The highest BCUT2D eigenvalue weighted by Crippen LogP contribution is 2.38. The van der Waals surface area contributed by atoms with E-state index in [0.29, 0.717) is 16.6 Å². The van der Waals surface area contributed by atoms with Gasteiger partial charge in [0.05, 0.1) is 11.2 Å². The Bertz CT molecular complexity index is 771. The maximum Gasteiger partial charge on any atom is 0.492 e. The van der Waals surface area contributed by atoms with Crippen LogP contribution in [0.2, 0.25) is 0 Å². The van der Waals surface area contributed by atoms with Crippen LogP contribution in [-0.2, 0) is 20.6 Å². The summed E-state index contributed by atoms with van der Waals surface area (Å²) in [5.74, 6) is -0.380. The third-order valence-electron chi connectivity index (χ3n) is 5.04. The number of carbonyl (C=O) groups is 1. The average molecular weight is 406 g/mol. The van der Waals surface area contributed by atoms with E-state index >= 15 is 0 Å². The molecule has 0 radical (unpaired) electrons. The van der Waals surface area contributed by atoms with Gasteiger partial charge in [-0.2, -0.15) is 0 Å². The van der Waals surface area contributed by atoms with E-state index in [1.54, 1.807) is 39.0 Å². The summed E-state index contributed by atoms with van der Waals surface area (Å²) in [6, 6.07) is 4.81. The van der Waals surface area contributed by atoms with Gasteiger partial charge in [0, 0.05) is 18.7 Å². The molecule has 1 aromatic rings. The largest absolute Gasteiger partial charge is 0.492 e. The number of benzene rings is 1. The van der Waals surface area contributed by atoms with Crippen molar-refractivity contribution in [1.29, 1.82) is 0 Å². The highest BCUT2D eigenvalue weighted by atomic mass is 19.1. The quantitative estimate of drug-likeness (QED) is 0.727. The van der Waals surface area contributed by atoms with Crippen molar-refractivity contribution in [2.24, 2.45) is 5.73 Å². The van der Waals surface area contributed by atoms with Crippen molar-refractivity contribution in [1.82, 2.24) is 5.32 Å². The van der Waals surface area contributed by atoms with Gasteiger partial charge < -0.3 is 25.1 Å². The lowest BCUT2D eigenvalue weighted by atomic mass is 9.77. The number of ether oxygens (including phenoxy) is 1. The number of carbonyl (C=O) groups excluding carboxylic acids is 1. The maximum absolute atomic E-state index is 14.2. The highest BCUT2D eigenvalue weighted by Gasteiger charge is 2.52. The van der Waals surface area contributed by atoms with Gasteiger partial charge in [0.25, 0.3) is 0 Å². The van der Waals surface area contributed by atoms with Crippen molar-refractivity contribution in [3.05, 3.63) is 40.6 Å². The van der Waals surface area contributed by atoms with E-state index in [1.807, 2.05) is 27.7 Å². The third kappa shape index (κ3) is 6.04. The summed E-state index contributed by atoms with van der Waals surface area (Å²) in [6.07, 6.45) is 1.20. The fraction of sp³-hybridized carbons (Fsp3) is 0.571. The van der Waals surface area contributed by atoms with Crippen LogP contribution in [0, 0.1) is 5.82 Å². The zero-order chi connectivity index (χ0) is 22.0. The second-order valence-electron chi connectivity index (χ2n) is 9.22. The Morgan fingerprint density at radius 1 is 1.24 bits per heavy atom. The Morgan fingerprint density at radius 3 is 2.31 bits per heavy atom. The molecule has 3 N–H and O–H groups in total. The molecular weight excluding hydrogens is 374 g/mol. The molecule has 0 unspecified atom stereocenters. The number of nitrogens with two attached hydrogens (primary N) is 1. The van der Waals surface area contributed by atoms with Gasteiger partial charge >= 0.3 is 13.2 Å². The summed E-state index contributed by atoms with van der Waals surface area (Å²) in [6.45, 7) is 13.4. The van der Waals surface area contributed by atoms with Crippen LogP contribution < -0.4 is 11.1 Å². The van der Waals surface area contributed by atoms with E-state index in [1.165, 1.54) is 6.07 Å². The molecule has 29 heavy (non-hydrogen) atoms. The topological polar surface area (TPSA) is 82.8 Å². The Balaban J connectivity index is 2.28. The first-order valence-corrected chi connectivity index (χ1v) is 9.75. The molecule has 1 aromatic carbocycles. The van der Waals surface area contributed by atoms with Gasteiger partial charge in [-0.3, -0.25) is 0 Å². The maximum atomic E-state index is 14.2. The first kappa shape index (κ1) is 23.4. The fourth-order valence-corrected chi connectivity index (χ4v) is 2.72. The first-order valence-electron chi connectivity index (χ1n) is 9.75. The normalized spacial score (nSPS) is 18.7. The van der Waals surface area contributed by atoms with Crippen LogP contribution in [0.15, 0.2) is 23.7 Å². The molecule has 0 aromatic heterocycles. The van der Waals surface area contributed by atoms with Crippen LogP contribution in [0.3, 0.4) is 0 Å². The summed E-state index contributed by atoms with van der Waals surface area (Å²) in [4.78, 5) is 12.1. The summed E-state index contributed by atoms with van der Waals surface area (Å²) < 4.78 is 31.7. The number of hydrogen-bond donors (Lipinski definition) is 2. The van der Waals surface area contributed by atoms with Gasteiger partial charge in [-0.15, -0.1) is 0 Å². The molecule has 0 saturated carbocycles. The second-order valence-corrected chi connectivity index (χ2v) is 9.22. The zero-order valence-corrected chi connectivity index (χ0v) is 18.4. The van der Waals surface area contributed by atoms with Gasteiger partial charge in [-0.05, 0) is 65.6 Å². The molecule has 1 saturated heterocycles. The van der Waals surface area contributed by atoms with Crippen LogP contribution >= 0.6 is 0 Å². The van der Waals surface area contributed by atoms with Crippen LogP contribution in [-0.4, -0.2) is 36.6 Å². The van der Waals surface area contributed by atoms with Crippen LogP contribution in [0.5, 0.6) is 0 Å². The molecule has 160 valence electrons. The van der Waals surface area contributed by atoms with Gasteiger partial charge in [0.2, 0.25) is 0 Å². The lowest BCUT2D eigenvalue weighted by Crippen LogP contribution is -2.41. The van der Waals surface area contributed by atoms with Crippen molar-refractivity contribution >= 4 is 19.3 Å². The number of halogens is 1. The molecule has 0 atom stereocenters. The molecular formula is C21H32BFN2O4. The number of nitrogens with one attached hydrogen (secondary N) is 1. The van der Waals surface area contributed by atoms with Crippen molar-refractivity contribution < 1.29 is 23.2 Å². The average Bonchev–Trinajstić information content (AvgIpc) is 2.77. The number of amides is 1. The predicted molar refractivity (Wildman–Crippen MR) is 113 cm³/mol. The Morgan fingerprint density at radius 2 is 1.83 bits per heavy atom. The monoisotopic (exact) mass is 406 g/mol. The van der Waals surface area contributed by atoms with Gasteiger partial charge in [-0.1, -0.05) is 18.2 Å². The smallest absolute Gasteiger partial charge is 0.444 e. The van der Waals surface area contributed by atoms with Crippen molar-refractivity contribution in [2.75, 3.05) is 6.54 Å². The predicted octanol–water partition coefficient (Wildman–Crippen LogP) is 3.82. The summed E-state index contributed by atoms with van der Waals surface area (Å²) in [7, 11) is -0.688. The van der Waals surface area contributed by atoms with Gasteiger partial charge in [0.15, 0.2) is 0 Å². The van der Waals surface area contributed by atoms with Crippen molar-refractivity contribution in [2.45, 2.75) is 71.8 Å². The summed E-state index contributed by atoms with van der Waals surface area (Å²) in [5, 5.41) is 2.73. The SMILES string of the molecule is CC(C)(C)OC(=O)NCC(=Cc1ccc(CN)c(F)c1)B1OC(C)(C)C(C)(C)O1. The zero-order valence-electron chi connectivity index (χ0n) is 18.4. The number of rotatable bonds is 5. The molecule has 1 amide bonds. The van der Waals surface area contributed by atoms with E-state index in [0.717, 1.165) is 0 Å². The summed E-state index contributed by atoms with van der Waals surface area (Å²) in [5.41, 5.74) is 5.54. The van der Waals surface area contributed by atoms with E-state index in [4.69, 9.17) is 19.8 Å². The molecule has 1 aliphatic rings. The van der Waals surface area contributed by atoms with Crippen molar-refractivity contribution in [3.63, 3.8) is 0 Å². The highest BCUT2D eigenvalue weighted by molar-refractivity contribution is 6.56. The number of alkyl carbamates (subject to hydrolysis) is 1. The Hall–Kier alpha value is -1.90. The lowest BCUT2D eigenvalue weighted by molar-refractivity contribution is 0.00578. The molecule has 8 heteroatoms. The molecule has 0 bridgehead atoms. The second kappa shape index (κ2) is 8.46. The molecule has 1 heterocycles. The Kier molecular flexibility index (Phi) is 6.82. The molecule has 0 aliphatic carbocycles. The van der Waals surface area contributed by atoms with Crippen LogP contribution in [0.4, 0.5) is 9.18 Å². The van der Waals surface area contributed by atoms with E-state index < -0.39 is 30.0 Å². The Labute approximate surface area is 173 Å². The van der Waals surface area contributed by atoms with Crippen LogP contribution in [0.25, 0.3) is 6.08 Å². The molecule has 6 nitrogen and oxygen atoms in total. The third-order valence-corrected chi connectivity index (χ3v) is 5.04. The van der Waals surface area contributed by atoms with E-state index in [-0.39, 0.29) is 18.9 Å². The summed E-state index contributed by atoms with van der Waals surface area (Å²) >= 11 is 0. The van der Waals surface area contributed by atoms with Crippen molar-refractivity contribution in [3.8, 4) is 0 Å².